The lowest BCUT2D eigenvalue weighted by atomic mass is 9.99. The molecule has 20 heavy (non-hydrogen) atoms. The van der Waals surface area contributed by atoms with E-state index in [1.165, 1.54) is 12.8 Å². The van der Waals surface area contributed by atoms with Gasteiger partial charge in [0.25, 0.3) is 0 Å². The van der Waals surface area contributed by atoms with Crippen molar-refractivity contribution in [2.45, 2.75) is 24.9 Å². The summed E-state index contributed by atoms with van der Waals surface area (Å²) in [6.45, 7) is 0.437. The van der Waals surface area contributed by atoms with Crippen molar-refractivity contribution in [2.75, 3.05) is 13.7 Å². The molecule has 0 radical (unpaired) electrons. The molecular weight excluding hydrogens is 254 g/mol. The van der Waals surface area contributed by atoms with Gasteiger partial charge in [-0.15, -0.1) is 0 Å². The highest BCUT2D eigenvalue weighted by molar-refractivity contribution is 5.25. The lowest BCUT2D eigenvalue weighted by Crippen LogP contribution is -2.14. The van der Waals surface area contributed by atoms with Gasteiger partial charge in [0.15, 0.2) is 0 Å². The molecule has 1 fully saturated rings. The molecule has 1 aromatic heterocycles. The Morgan fingerprint density at radius 1 is 1.35 bits per heavy atom. The monoisotopic (exact) mass is 273 g/mol. The first-order valence-electron chi connectivity index (χ1n) is 6.94. The zero-order chi connectivity index (χ0) is 13.9. The summed E-state index contributed by atoms with van der Waals surface area (Å²) in [6.07, 6.45) is 2.28. The van der Waals surface area contributed by atoms with Crippen LogP contribution in [0.2, 0.25) is 0 Å². The number of methoxy groups -OCH3 is 1. The van der Waals surface area contributed by atoms with Crippen LogP contribution in [-0.2, 0) is 4.74 Å². The van der Waals surface area contributed by atoms with Gasteiger partial charge >= 0.3 is 0 Å². The van der Waals surface area contributed by atoms with Crippen LogP contribution >= 0.6 is 0 Å². The minimum absolute atomic E-state index is 0.0540. The molecular formula is C15H19N3O2. The second kappa shape index (κ2) is 5.73. The molecule has 1 aliphatic carbocycles. The number of nitrogens with zero attached hydrogens (tertiary/aromatic N) is 2. The maximum Gasteiger partial charge on any atom is 0.235 e. The summed E-state index contributed by atoms with van der Waals surface area (Å²) in [5, 5.41) is 4.08. The van der Waals surface area contributed by atoms with E-state index >= 15 is 0 Å². The Morgan fingerprint density at radius 2 is 2.10 bits per heavy atom. The Bertz CT molecular complexity index is 551. The Morgan fingerprint density at radius 3 is 2.70 bits per heavy atom. The van der Waals surface area contributed by atoms with E-state index in [2.05, 4.69) is 10.1 Å². The number of hydrogen-bond acceptors (Lipinski definition) is 5. The molecule has 2 atom stereocenters. The molecule has 1 aromatic carbocycles. The first-order valence-corrected chi connectivity index (χ1v) is 6.94. The Labute approximate surface area is 118 Å². The standard InChI is InChI=1S/C15H19N3O2/c1-19-13(11-7-8-11)14-17-15(20-18-14)12(9-16)10-5-3-2-4-6-10/h2-6,11-13H,7-9,16H2,1H3. The van der Waals surface area contributed by atoms with Crippen molar-refractivity contribution >= 4 is 0 Å². The molecule has 1 heterocycles. The summed E-state index contributed by atoms with van der Waals surface area (Å²) in [7, 11) is 1.69. The second-order valence-corrected chi connectivity index (χ2v) is 5.18. The largest absolute Gasteiger partial charge is 0.373 e. The number of nitrogens with two attached hydrogens (primary N) is 1. The van der Waals surface area contributed by atoms with Crippen LogP contribution in [0.5, 0.6) is 0 Å². The average Bonchev–Trinajstić information content (AvgIpc) is 3.21. The van der Waals surface area contributed by atoms with Gasteiger partial charge in [-0.25, -0.2) is 0 Å². The van der Waals surface area contributed by atoms with Crippen molar-refractivity contribution in [3.05, 3.63) is 47.6 Å². The van der Waals surface area contributed by atoms with E-state index in [0.717, 1.165) is 5.56 Å². The summed E-state index contributed by atoms with van der Waals surface area (Å²) in [5.41, 5.74) is 6.96. The topological polar surface area (TPSA) is 74.2 Å². The van der Waals surface area contributed by atoms with Crippen LogP contribution in [0.4, 0.5) is 0 Å². The molecule has 0 aliphatic heterocycles. The summed E-state index contributed by atoms with van der Waals surface area (Å²) in [4.78, 5) is 4.51. The van der Waals surface area contributed by atoms with Crippen LogP contribution in [0.1, 0.15) is 42.1 Å². The van der Waals surface area contributed by atoms with Crippen molar-refractivity contribution in [3.63, 3.8) is 0 Å². The molecule has 0 bridgehead atoms. The van der Waals surface area contributed by atoms with Gasteiger partial charge in [-0.1, -0.05) is 35.5 Å². The first kappa shape index (κ1) is 13.3. The minimum atomic E-state index is -0.0610. The smallest absolute Gasteiger partial charge is 0.235 e. The van der Waals surface area contributed by atoms with Crippen molar-refractivity contribution in [2.24, 2.45) is 11.7 Å². The number of aromatic nitrogens is 2. The Balaban J connectivity index is 1.84. The normalized spacial score (nSPS) is 17.9. The van der Waals surface area contributed by atoms with Crippen LogP contribution < -0.4 is 5.73 Å². The fourth-order valence-electron chi connectivity index (χ4n) is 2.48. The number of hydrogen-bond donors (Lipinski definition) is 1. The van der Waals surface area contributed by atoms with Crippen LogP contribution in [0.25, 0.3) is 0 Å². The number of rotatable bonds is 6. The van der Waals surface area contributed by atoms with E-state index in [-0.39, 0.29) is 12.0 Å². The van der Waals surface area contributed by atoms with E-state index in [1.807, 2.05) is 30.3 Å². The van der Waals surface area contributed by atoms with Crippen LogP contribution in [0, 0.1) is 5.92 Å². The van der Waals surface area contributed by atoms with Crippen molar-refractivity contribution in [1.82, 2.24) is 10.1 Å². The number of benzene rings is 1. The molecule has 2 aromatic rings. The van der Waals surface area contributed by atoms with E-state index in [4.69, 9.17) is 15.0 Å². The van der Waals surface area contributed by atoms with Gasteiger partial charge in [-0.3, -0.25) is 0 Å². The molecule has 5 nitrogen and oxygen atoms in total. The molecule has 106 valence electrons. The second-order valence-electron chi connectivity index (χ2n) is 5.18. The molecule has 0 saturated heterocycles. The highest BCUT2D eigenvalue weighted by atomic mass is 16.5. The highest BCUT2D eigenvalue weighted by Crippen LogP contribution is 2.42. The van der Waals surface area contributed by atoms with Gasteiger partial charge in [0.2, 0.25) is 11.7 Å². The van der Waals surface area contributed by atoms with Gasteiger partial charge in [-0.2, -0.15) is 4.98 Å². The molecule has 0 amide bonds. The fourth-order valence-corrected chi connectivity index (χ4v) is 2.48. The zero-order valence-corrected chi connectivity index (χ0v) is 11.5. The zero-order valence-electron chi connectivity index (χ0n) is 11.5. The van der Waals surface area contributed by atoms with Crippen LogP contribution in [0.3, 0.4) is 0 Å². The Hall–Kier alpha value is -1.72. The molecule has 1 saturated carbocycles. The van der Waals surface area contributed by atoms with Crippen molar-refractivity contribution in [3.8, 4) is 0 Å². The molecule has 3 rings (SSSR count). The molecule has 2 unspecified atom stereocenters. The predicted octanol–water partition coefficient (Wildman–Crippen LogP) is 2.26. The van der Waals surface area contributed by atoms with Gasteiger partial charge in [0.1, 0.15) is 6.10 Å². The van der Waals surface area contributed by atoms with Crippen LogP contribution in [-0.4, -0.2) is 23.8 Å². The van der Waals surface area contributed by atoms with Gasteiger partial charge in [0, 0.05) is 13.7 Å². The lowest BCUT2D eigenvalue weighted by Gasteiger charge is -2.10. The van der Waals surface area contributed by atoms with Crippen molar-refractivity contribution in [1.29, 1.82) is 0 Å². The quantitative estimate of drug-likeness (QED) is 0.873. The minimum Gasteiger partial charge on any atom is -0.373 e. The van der Waals surface area contributed by atoms with E-state index in [9.17, 15) is 0 Å². The fraction of sp³-hybridized carbons (Fsp3) is 0.467. The first-order chi connectivity index (χ1) is 9.83. The third kappa shape index (κ3) is 2.59. The van der Waals surface area contributed by atoms with Gasteiger partial charge in [-0.05, 0) is 24.3 Å². The lowest BCUT2D eigenvalue weighted by molar-refractivity contribution is 0.0751. The number of ether oxygens (including phenoxy) is 1. The van der Waals surface area contributed by atoms with E-state index < -0.39 is 0 Å². The summed E-state index contributed by atoms with van der Waals surface area (Å²) >= 11 is 0. The van der Waals surface area contributed by atoms with Gasteiger partial charge in [0.05, 0.1) is 5.92 Å². The molecule has 2 N–H and O–H groups in total. The third-order valence-corrected chi connectivity index (χ3v) is 3.75. The predicted molar refractivity (Wildman–Crippen MR) is 74.1 cm³/mol. The van der Waals surface area contributed by atoms with E-state index in [1.54, 1.807) is 7.11 Å². The van der Waals surface area contributed by atoms with Gasteiger partial charge < -0.3 is 15.0 Å². The molecule has 1 aliphatic rings. The Kier molecular flexibility index (Phi) is 3.80. The SMILES string of the molecule is COC(c1noc(C(CN)c2ccccc2)n1)C1CC1. The maximum absolute atomic E-state index is 5.87. The van der Waals surface area contributed by atoms with E-state index in [0.29, 0.717) is 24.2 Å². The summed E-state index contributed by atoms with van der Waals surface area (Å²) < 4.78 is 10.9. The summed E-state index contributed by atoms with van der Waals surface area (Å²) in [5.74, 6) is 1.67. The maximum atomic E-state index is 5.87. The molecule has 0 spiro atoms. The molecule has 5 heteroatoms. The average molecular weight is 273 g/mol. The van der Waals surface area contributed by atoms with Crippen molar-refractivity contribution < 1.29 is 9.26 Å². The van der Waals surface area contributed by atoms with Crippen LogP contribution in [0.15, 0.2) is 34.9 Å². The highest BCUT2D eigenvalue weighted by Gasteiger charge is 2.36. The summed E-state index contributed by atoms with van der Waals surface area (Å²) in [6, 6.07) is 9.99. The third-order valence-electron chi connectivity index (χ3n) is 3.75.